The zero-order valence-corrected chi connectivity index (χ0v) is 12.0. The lowest BCUT2D eigenvalue weighted by atomic mass is 9.64. The van der Waals surface area contributed by atoms with Gasteiger partial charge in [-0.2, -0.15) is 0 Å². The normalized spacial score (nSPS) is 24.6. The third kappa shape index (κ3) is 2.32. The minimum atomic E-state index is -0.0579. The topological polar surface area (TPSA) is 64.3 Å². The number of hydrogen-bond acceptors (Lipinski definition) is 3. The van der Waals surface area contributed by atoms with Crippen molar-refractivity contribution >= 4 is 11.6 Å². The van der Waals surface area contributed by atoms with Crippen LogP contribution in [-0.2, 0) is 4.74 Å². The van der Waals surface area contributed by atoms with Crippen molar-refractivity contribution in [3.63, 3.8) is 0 Å². The van der Waals surface area contributed by atoms with Gasteiger partial charge >= 0.3 is 0 Å². The van der Waals surface area contributed by atoms with Gasteiger partial charge in [-0.3, -0.25) is 4.79 Å². The van der Waals surface area contributed by atoms with Crippen molar-refractivity contribution in [2.24, 2.45) is 5.41 Å². The number of amides is 1. The molecule has 1 fully saturated rings. The van der Waals surface area contributed by atoms with Crippen molar-refractivity contribution in [3.05, 3.63) is 29.3 Å². The van der Waals surface area contributed by atoms with Crippen molar-refractivity contribution in [1.29, 1.82) is 0 Å². The van der Waals surface area contributed by atoms with Gasteiger partial charge < -0.3 is 15.8 Å². The number of benzene rings is 1. The summed E-state index contributed by atoms with van der Waals surface area (Å²) < 4.78 is 5.39. The number of carbonyl (C=O) groups is 1. The molecule has 0 heterocycles. The van der Waals surface area contributed by atoms with Gasteiger partial charge in [-0.1, -0.05) is 19.9 Å². The Morgan fingerprint density at radius 3 is 2.74 bits per heavy atom. The highest BCUT2D eigenvalue weighted by Crippen LogP contribution is 2.42. The summed E-state index contributed by atoms with van der Waals surface area (Å²) >= 11 is 0. The van der Waals surface area contributed by atoms with Crippen LogP contribution >= 0.6 is 0 Å². The van der Waals surface area contributed by atoms with Crippen LogP contribution in [0.3, 0.4) is 0 Å². The number of hydrogen-bond donors (Lipinski definition) is 2. The van der Waals surface area contributed by atoms with E-state index in [1.54, 1.807) is 25.3 Å². The second-order valence-electron chi connectivity index (χ2n) is 5.83. The molecule has 1 aromatic carbocycles. The van der Waals surface area contributed by atoms with Crippen LogP contribution in [0.2, 0.25) is 0 Å². The van der Waals surface area contributed by atoms with Crippen molar-refractivity contribution in [3.8, 4) is 0 Å². The van der Waals surface area contributed by atoms with Crippen molar-refractivity contribution in [2.45, 2.75) is 39.3 Å². The molecule has 1 aliphatic rings. The zero-order valence-electron chi connectivity index (χ0n) is 12.0. The Morgan fingerprint density at radius 1 is 1.47 bits per heavy atom. The van der Waals surface area contributed by atoms with Gasteiger partial charge in [0.05, 0.1) is 6.10 Å². The summed E-state index contributed by atoms with van der Waals surface area (Å²) in [6.45, 7) is 6.10. The molecule has 2 unspecified atom stereocenters. The quantitative estimate of drug-likeness (QED) is 0.820. The maximum atomic E-state index is 12.3. The molecule has 2 rings (SSSR count). The maximum Gasteiger partial charge on any atom is 0.251 e. The molecule has 4 heteroatoms. The molecule has 1 aliphatic carbocycles. The zero-order chi connectivity index (χ0) is 14.2. The summed E-state index contributed by atoms with van der Waals surface area (Å²) in [6.07, 6.45) is 1.07. The molecule has 2 atom stereocenters. The number of anilines is 1. The molecule has 3 N–H and O–H groups in total. The van der Waals surface area contributed by atoms with Gasteiger partial charge in [0.2, 0.25) is 0 Å². The highest BCUT2D eigenvalue weighted by Gasteiger charge is 2.49. The predicted octanol–water partition coefficient (Wildman–Crippen LogP) is 2.12. The van der Waals surface area contributed by atoms with E-state index < -0.39 is 0 Å². The van der Waals surface area contributed by atoms with Crippen molar-refractivity contribution < 1.29 is 9.53 Å². The monoisotopic (exact) mass is 262 g/mol. The van der Waals surface area contributed by atoms with Crippen LogP contribution in [0.25, 0.3) is 0 Å². The minimum Gasteiger partial charge on any atom is -0.398 e. The lowest BCUT2D eigenvalue weighted by molar-refractivity contribution is -0.0942. The first-order valence-electron chi connectivity index (χ1n) is 6.56. The number of rotatable bonds is 3. The van der Waals surface area contributed by atoms with Crippen molar-refractivity contribution in [1.82, 2.24) is 5.32 Å². The first kappa shape index (κ1) is 13.9. The summed E-state index contributed by atoms with van der Waals surface area (Å²) in [5.41, 5.74) is 7.94. The maximum absolute atomic E-state index is 12.3. The SMILES string of the molecule is COC1CC(NC(=O)c2cccc(N)c2C)C1(C)C. The highest BCUT2D eigenvalue weighted by molar-refractivity contribution is 5.97. The molecule has 0 spiro atoms. The molecule has 1 aromatic rings. The average Bonchev–Trinajstić information content (AvgIpc) is 2.37. The Kier molecular flexibility index (Phi) is 3.54. The van der Waals surface area contributed by atoms with Gasteiger partial charge in [0.1, 0.15) is 0 Å². The Bertz CT molecular complexity index is 497. The number of carbonyl (C=O) groups excluding carboxylic acids is 1. The minimum absolute atomic E-state index is 0.0291. The average molecular weight is 262 g/mol. The van der Waals surface area contributed by atoms with Crippen LogP contribution in [0.4, 0.5) is 5.69 Å². The third-order valence-electron chi connectivity index (χ3n) is 4.39. The molecule has 1 amide bonds. The van der Waals surface area contributed by atoms with E-state index in [4.69, 9.17) is 10.5 Å². The molecule has 0 aromatic heterocycles. The molecular weight excluding hydrogens is 240 g/mol. The Balaban J connectivity index is 2.09. The van der Waals surface area contributed by atoms with Crippen LogP contribution < -0.4 is 11.1 Å². The number of nitrogen functional groups attached to an aromatic ring is 1. The molecule has 0 saturated heterocycles. The molecule has 0 bridgehead atoms. The molecule has 104 valence electrons. The molecule has 4 nitrogen and oxygen atoms in total. The van der Waals surface area contributed by atoms with Gasteiger partial charge in [0.15, 0.2) is 0 Å². The Labute approximate surface area is 114 Å². The predicted molar refractivity (Wildman–Crippen MR) is 76.0 cm³/mol. The van der Waals surface area contributed by atoms with E-state index in [2.05, 4.69) is 19.2 Å². The summed E-state index contributed by atoms with van der Waals surface area (Å²) in [5, 5.41) is 3.08. The lowest BCUT2D eigenvalue weighted by Crippen LogP contribution is -2.61. The van der Waals surface area contributed by atoms with E-state index in [1.807, 2.05) is 6.92 Å². The second-order valence-corrected chi connectivity index (χ2v) is 5.83. The van der Waals surface area contributed by atoms with Gasteiger partial charge in [-0.15, -0.1) is 0 Å². The van der Waals surface area contributed by atoms with Crippen LogP contribution in [-0.4, -0.2) is 25.2 Å². The summed E-state index contributed by atoms with van der Waals surface area (Å²) in [5.74, 6) is -0.0579. The Hall–Kier alpha value is -1.55. The van der Waals surface area contributed by atoms with E-state index in [1.165, 1.54) is 0 Å². The van der Waals surface area contributed by atoms with Crippen LogP contribution in [0.5, 0.6) is 0 Å². The van der Waals surface area contributed by atoms with Gasteiger partial charge in [0.25, 0.3) is 5.91 Å². The summed E-state index contributed by atoms with van der Waals surface area (Å²) in [4.78, 5) is 12.3. The summed E-state index contributed by atoms with van der Waals surface area (Å²) in [6, 6.07) is 5.56. The summed E-state index contributed by atoms with van der Waals surface area (Å²) in [7, 11) is 1.71. The standard InChI is InChI=1S/C15H22N2O2/c1-9-10(6-5-7-11(9)16)14(18)17-12-8-13(19-4)15(12,2)3/h5-7,12-13H,8,16H2,1-4H3,(H,17,18). The van der Waals surface area contributed by atoms with E-state index >= 15 is 0 Å². The largest absolute Gasteiger partial charge is 0.398 e. The molecule has 19 heavy (non-hydrogen) atoms. The molecule has 0 aliphatic heterocycles. The van der Waals surface area contributed by atoms with Crippen LogP contribution in [0.1, 0.15) is 36.2 Å². The van der Waals surface area contributed by atoms with Gasteiger partial charge in [-0.05, 0) is 31.0 Å². The van der Waals surface area contributed by atoms with Crippen LogP contribution in [0.15, 0.2) is 18.2 Å². The number of ether oxygens (including phenoxy) is 1. The smallest absolute Gasteiger partial charge is 0.251 e. The third-order valence-corrected chi connectivity index (χ3v) is 4.39. The van der Waals surface area contributed by atoms with E-state index in [0.29, 0.717) is 11.3 Å². The molecule has 0 radical (unpaired) electrons. The highest BCUT2D eigenvalue weighted by atomic mass is 16.5. The van der Waals surface area contributed by atoms with Crippen molar-refractivity contribution in [2.75, 3.05) is 12.8 Å². The van der Waals surface area contributed by atoms with E-state index in [0.717, 1.165) is 12.0 Å². The first-order valence-corrected chi connectivity index (χ1v) is 6.56. The number of nitrogens with one attached hydrogen (secondary N) is 1. The van der Waals surface area contributed by atoms with Crippen LogP contribution in [0, 0.1) is 12.3 Å². The van der Waals surface area contributed by atoms with Gasteiger partial charge in [-0.25, -0.2) is 0 Å². The van der Waals surface area contributed by atoms with Gasteiger partial charge in [0, 0.05) is 29.8 Å². The fourth-order valence-corrected chi connectivity index (χ4v) is 2.67. The molecule has 1 saturated carbocycles. The van der Waals surface area contributed by atoms with E-state index in [9.17, 15) is 4.79 Å². The lowest BCUT2D eigenvalue weighted by Gasteiger charge is -2.51. The molecular formula is C15H22N2O2. The number of methoxy groups -OCH3 is 1. The second kappa shape index (κ2) is 4.85. The first-order chi connectivity index (χ1) is 8.87. The Morgan fingerprint density at radius 2 is 2.16 bits per heavy atom. The van der Waals surface area contributed by atoms with E-state index in [-0.39, 0.29) is 23.5 Å². The fourth-order valence-electron chi connectivity index (χ4n) is 2.67. The number of nitrogens with two attached hydrogens (primary N) is 1. The fraction of sp³-hybridized carbons (Fsp3) is 0.533.